The highest BCUT2D eigenvalue weighted by Crippen LogP contribution is 2.33. The van der Waals surface area contributed by atoms with Crippen LogP contribution in [0.4, 0.5) is 8.78 Å². The molecule has 0 radical (unpaired) electrons. The summed E-state index contributed by atoms with van der Waals surface area (Å²) in [4.78, 5) is 17.7. The zero-order valence-corrected chi connectivity index (χ0v) is 15.0. The minimum atomic E-state index is -2.49. The summed E-state index contributed by atoms with van der Waals surface area (Å²) in [6.45, 7) is 5.42. The lowest BCUT2D eigenvalue weighted by Gasteiger charge is -2.32. The first kappa shape index (κ1) is 18.9. The molecule has 0 aliphatic carbocycles. The van der Waals surface area contributed by atoms with Crippen LogP contribution in [0.25, 0.3) is 0 Å². The van der Waals surface area contributed by atoms with Crippen molar-refractivity contribution in [3.8, 4) is 0 Å². The van der Waals surface area contributed by atoms with Gasteiger partial charge < -0.3 is 10.2 Å². The monoisotopic (exact) mass is 383 g/mol. The van der Waals surface area contributed by atoms with Crippen LogP contribution in [0.2, 0.25) is 0 Å². The van der Waals surface area contributed by atoms with Crippen molar-refractivity contribution < 1.29 is 13.6 Å². The summed E-state index contributed by atoms with van der Waals surface area (Å²) in [6, 6.07) is 2.01. The summed E-state index contributed by atoms with van der Waals surface area (Å²) in [7, 11) is 0. The molecule has 1 aromatic rings. The SMILES string of the molecule is Cl.O=C(c1sccc1SC(F)F)N1CCC(N2CCNCC2)C1. The average molecular weight is 384 g/mol. The largest absolute Gasteiger partial charge is 0.336 e. The minimum Gasteiger partial charge on any atom is -0.336 e. The van der Waals surface area contributed by atoms with Gasteiger partial charge in [0.25, 0.3) is 11.7 Å². The Morgan fingerprint density at radius 1 is 1.35 bits per heavy atom. The number of nitrogens with zero attached hydrogens (tertiary/aromatic N) is 2. The van der Waals surface area contributed by atoms with Gasteiger partial charge in [-0.3, -0.25) is 9.69 Å². The van der Waals surface area contributed by atoms with Gasteiger partial charge in [0, 0.05) is 50.2 Å². The summed E-state index contributed by atoms with van der Waals surface area (Å²) in [5, 5.41) is 5.04. The maximum Gasteiger partial charge on any atom is 0.288 e. The molecular formula is C14H20ClF2N3OS2. The Kier molecular flexibility index (Phi) is 7.09. The highest BCUT2D eigenvalue weighted by molar-refractivity contribution is 7.99. The molecule has 130 valence electrons. The van der Waals surface area contributed by atoms with Crippen molar-refractivity contribution in [3.05, 3.63) is 16.3 Å². The van der Waals surface area contributed by atoms with Gasteiger partial charge in [0.05, 0.1) is 0 Å². The van der Waals surface area contributed by atoms with E-state index in [1.807, 2.05) is 4.90 Å². The van der Waals surface area contributed by atoms with Gasteiger partial charge in [-0.15, -0.1) is 23.7 Å². The number of likely N-dealkylation sites (tertiary alicyclic amines) is 1. The lowest BCUT2D eigenvalue weighted by atomic mass is 10.2. The second-order valence-electron chi connectivity index (χ2n) is 5.47. The number of carbonyl (C=O) groups excluding carboxylic acids is 1. The van der Waals surface area contributed by atoms with Crippen LogP contribution >= 0.6 is 35.5 Å². The third-order valence-electron chi connectivity index (χ3n) is 4.16. The Labute approximate surface area is 149 Å². The summed E-state index contributed by atoms with van der Waals surface area (Å²) < 4.78 is 25.1. The molecule has 3 rings (SSSR count). The molecule has 1 unspecified atom stereocenters. The van der Waals surface area contributed by atoms with Gasteiger partial charge in [0.15, 0.2) is 0 Å². The van der Waals surface area contributed by atoms with Crippen LogP contribution in [-0.4, -0.2) is 66.8 Å². The Morgan fingerprint density at radius 3 is 2.78 bits per heavy atom. The van der Waals surface area contributed by atoms with E-state index >= 15 is 0 Å². The van der Waals surface area contributed by atoms with E-state index in [1.165, 1.54) is 11.3 Å². The van der Waals surface area contributed by atoms with Crippen molar-refractivity contribution >= 4 is 41.4 Å². The number of alkyl halides is 2. The Morgan fingerprint density at radius 2 is 2.09 bits per heavy atom. The molecule has 0 saturated carbocycles. The van der Waals surface area contributed by atoms with Crippen LogP contribution in [0.15, 0.2) is 16.3 Å². The molecule has 4 nitrogen and oxygen atoms in total. The lowest BCUT2D eigenvalue weighted by Crippen LogP contribution is -2.49. The van der Waals surface area contributed by atoms with Crippen LogP contribution in [-0.2, 0) is 0 Å². The first-order valence-electron chi connectivity index (χ1n) is 7.41. The van der Waals surface area contributed by atoms with Gasteiger partial charge in [0.1, 0.15) is 4.88 Å². The topological polar surface area (TPSA) is 35.6 Å². The molecule has 1 atom stereocenters. The molecule has 1 N–H and O–H groups in total. The second-order valence-corrected chi connectivity index (χ2v) is 7.42. The normalized spacial score (nSPS) is 22.4. The molecule has 1 amide bonds. The first-order valence-corrected chi connectivity index (χ1v) is 9.17. The number of hydrogen-bond donors (Lipinski definition) is 1. The van der Waals surface area contributed by atoms with Crippen molar-refractivity contribution in [1.82, 2.24) is 15.1 Å². The van der Waals surface area contributed by atoms with Crippen molar-refractivity contribution in [1.29, 1.82) is 0 Å². The van der Waals surface area contributed by atoms with Gasteiger partial charge in [-0.2, -0.15) is 8.78 Å². The van der Waals surface area contributed by atoms with Crippen molar-refractivity contribution in [2.75, 3.05) is 39.3 Å². The first-order chi connectivity index (χ1) is 10.6. The number of carbonyl (C=O) groups is 1. The molecule has 1 aromatic heterocycles. The number of halogens is 3. The predicted molar refractivity (Wildman–Crippen MR) is 92.2 cm³/mol. The fourth-order valence-corrected chi connectivity index (χ4v) is 4.72. The summed E-state index contributed by atoms with van der Waals surface area (Å²) in [6.07, 6.45) is 0.967. The molecule has 2 saturated heterocycles. The maximum atomic E-state index is 12.6. The summed E-state index contributed by atoms with van der Waals surface area (Å²) >= 11 is 1.71. The summed E-state index contributed by atoms with van der Waals surface area (Å²) in [5.74, 6) is -2.59. The zero-order valence-electron chi connectivity index (χ0n) is 12.5. The molecule has 0 bridgehead atoms. The van der Waals surface area contributed by atoms with E-state index in [1.54, 1.807) is 11.4 Å². The van der Waals surface area contributed by atoms with Crippen LogP contribution < -0.4 is 5.32 Å². The molecule has 9 heteroatoms. The zero-order chi connectivity index (χ0) is 15.5. The van der Waals surface area contributed by atoms with Crippen molar-refractivity contribution in [2.45, 2.75) is 23.1 Å². The molecule has 0 spiro atoms. The molecule has 23 heavy (non-hydrogen) atoms. The number of thiophene rings is 1. The quantitative estimate of drug-likeness (QED) is 0.811. The van der Waals surface area contributed by atoms with Crippen LogP contribution in [0, 0.1) is 0 Å². The van der Waals surface area contributed by atoms with Gasteiger partial charge >= 0.3 is 0 Å². The van der Waals surface area contributed by atoms with Gasteiger partial charge in [0.2, 0.25) is 0 Å². The fourth-order valence-electron chi connectivity index (χ4n) is 3.06. The van der Waals surface area contributed by atoms with Crippen LogP contribution in [0.5, 0.6) is 0 Å². The predicted octanol–water partition coefficient (Wildman–Crippen LogP) is 2.60. The van der Waals surface area contributed by atoms with Gasteiger partial charge in [-0.25, -0.2) is 0 Å². The number of hydrogen-bond acceptors (Lipinski definition) is 5. The highest BCUT2D eigenvalue weighted by atomic mass is 35.5. The number of nitrogens with one attached hydrogen (secondary N) is 1. The maximum absolute atomic E-state index is 12.6. The van der Waals surface area contributed by atoms with E-state index in [2.05, 4.69) is 10.2 Å². The fraction of sp³-hybridized carbons (Fsp3) is 0.643. The molecule has 0 aromatic carbocycles. The van der Waals surface area contributed by atoms with E-state index in [0.717, 1.165) is 32.6 Å². The molecule has 3 heterocycles. The Balaban J connectivity index is 0.00000192. The van der Waals surface area contributed by atoms with Crippen LogP contribution in [0.1, 0.15) is 16.1 Å². The Hall–Kier alpha value is -0.410. The number of amides is 1. The number of thioether (sulfide) groups is 1. The second kappa shape index (κ2) is 8.62. The van der Waals surface area contributed by atoms with Gasteiger partial charge in [-0.1, -0.05) is 11.8 Å². The number of rotatable bonds is 4. The van der Waals surface area contributed by atoms with E-state index < -0.39 is 5.76 Å². The molecule has 2 fully saturated rings. The van der Waals surface area contributed by atoms with Gasteiger partial charge in [-0.05, 0) is 17.9 Å². The van der Waals surface area contributed by atoms with Crippen molar-refractivity contribution in [2.24, 2.45) is 0 Å². The average Bonchev–Trinajstić information content (AvgIpc) is 3.16. The van der Waals surface area contributed by atoms with E-state index in [9.17, 15) is 13.6 Å². The van der Waals surface area contributed by atoms with Crippen LogP contribution in [0.3, 0.4) is 0 Å². The van der Waals surface area contributed by atoms with E-state index in [4.69, 9.17) is 0 Å². The molecule has 2 aliphatic rings. The molecule has 2 aliphatic heterocycles. The third kappa shape index (κ3) is 4.57. The third-order valence-corrected chi connectivity index (χ3v) is 5.96. The Bertz CT molecular complexity index is 526. The highest BCUT2D eigenvalue weighted by Gasteiger charge is 2.32. The van der Waals surface area contributed by atoms with E-state index in [0.29, 0.717) is 40.7 Å². The lowest BCUT2D eigenvalue weighted by molar-refractivity contribution is 0.0775. The van der Waals surface area contributed by atoms with Crippen molar-refractivity contribution in [3.63, 3.8) is 0 Å². The standard InChI is InChI=1S/C14H19F2N3OS2.ClH/c15-14(16)22-11-2-8-21-12(11)13(20)19-5-1-10(9-19)18-6-3-17-4-7-18;/h2,8,10,14,17H,1,3-7,9H2;1H. The number of piperazine rings is 1. The smallest absolute Gasteiger partial charge is 0.288 e. The van der Waals surface area contributed by atoms with E-state index in [-0.39, 0.29) is 18.3 Å². The molecular weight excluding hydrogens is 364 g/mol. The minimum absolute atomic E-state index is 0. The summed E-state index contributed by atoms with van der Waals surface area (Å²) in [5.41, 5.74) is 0.